The number of thiazole rings is 1. The Morgan fingerprint density at radius 1 is 1.54 bits per heavy atom. The second kappa shape index (κ2) is 4.51. The molecule has 1 unspecified atom stereocenters. The lowest BCUT2D eigenvalue weighted by atomic mass is 9.92. The van der Waals surface area contributed by atoms with Crippen LogP contribution in [0.5, 0.6) is 0 Å². The molecule has 0 N–H and O–H groups in total. The van der Waals surface area contributed by atoms with E-state index in [1.165, 1.54) is 0 Å². The first-order valence-electron chi connectivity index (χ1n) is 4.51. The molecule has 0 fully saturated rings. The Kier molecular flexibility index (Phi) is 3.60. The van der Waals surface area contributed by atoms with E-state index < -0.39 is 0 Å². The molecule has 3 heteroatoms. The molecule has 0 saturated heterocycles. The summed E-state index contributed by atoms with van der Waals surface area (Å²) in [5.41, 5.74) is 1.77. The third-order valence-corrected chi connectivity index (χ3v) is 3.12. The summed E-state index contributed by atoms with van der Waals surface area (Å²) in [5, 5.41) is 0. The maximum Gasteiger partial charge on any atom is 0.141 e. The summed E-state index contributed by atoms with van der Waals surface area (Å²) in [7, 11) is 0. The average Bonchev–Trinajstić information content (AvgIpc) is 2.55. The minimum atomic E-state index is 0.155. The zero-order valence-electron chi connectivity index (χ0n) is 8.28. The van der Waals surface area contributed by atoms with E-state index in [1.54, 1.807) is 23.0 Å². The molecule has 0 spiro atoms. The summed E-state index contributed by atoms with van der Waals surface area (Å²) in [6.07, 6.45) is 2.32. The van der Waals surface area contributed by atoms with Crippen molar-refractivity contribution in [1.29, 1.82) is 0 Å². The molecule has 1 heterocycles. The van der Waals surface area contributed by atoms with Crippen molar-refractivity contribution in [3.8, 4) is 0 Å². The topological polar surface area (TPSA) is 30.0 Å². The van der Waals surface area contributed by atoms with Crippen molar-refractivity contribution in [1.82, 2.24) is 4.98 Å². The first kappa shape index (κ1) is 10.4. The number of hydrogen-bond donors (Lipinski definition) is 0. The number of ketones is 1. The molecule has 0 saturated carbocycles. The molecule has 2 nitrogen and oxygen atoms in total. The maximum absolute atomic E-state index is 11.6. The van der Waals surface area contributed by atoms with Gasteiger partial charge in [-0.3, -0.25) is 9.78 Å². The lowest BCUT2D eigenvalue weighted by Crippen LogP contribution is -2.18. The van der Waals surface area contributed by atoms with Gasteiger partial charge in [-0.05, 0) is 5.92 Å². The second-order valence-electron chi connectivity index (χ2n) is 3.64. The summed E-state index contributed by atoms with van der Waals surface area (Å²) in [5.74, 6) is 0.904. The van der Waals surface area contributed by atoms with Gasteiger partial charge in [0.25, 0.3) is 0 Å². The lowest BCUT2D eigenvalue weighted by molar-refractivity contribution is -0.122. The van der Waals surface area contributed by atoms with Gasteiger partial charge in [-0.25, -0.2) is 0 Å². The van der Waals surface area contributed by atoms with Gasteiger partial charge in [0, 0.05) is 23.4 Å². The van der Waals surface area contributed by atoms with Crippen molar-refractivity contribution in [3.05, 3.63) is 16.6 Å². The van der Waals surface area contributed by atoms with E-state index in [-0.39, 0.29) is 5.92 Å². The van der Waals surface area contributed by atoms with Crippen LogP contribution in [0.1, 0.15) is 25.6 Å². The fraction of sp³-hybridized carbons (Fsp3) is 0.600. The van der Waals surface area contributed by atoms with Gasteiger partial charge < -0.3 is 0 Å². The Labute approximate surface area is 83.0 Å². The number of aromatic nitrogens is 1. The van der Waals surface area contributed by atoms with E-state index in [0.717, 1.165) is 4.88 Å². The van der Waals surface area contributed by atoms with Crippen LogP contribution in [0.15, 0.2) is 11.7 Å². The summed E-state index contributed by atoms with van der Waals surface area (Å²) in [4.78, 5) is 16.6. The van der Waals surface area contributed by atoms with Crippen LogP contribution in [0.3, 0.4) is 0 Å². The third-order valence-electron chi connectivity index (χ3n) is 2.34. The smallest absolute Gasteiger partial charge is 0.141 e. The van der Waals surface area contributed by atoms with Crippen molar-refractivity contribution < 1.29 is 4.79 Å². The van der Waals surface area contributed by atoms with E-state index in [0.29, 0.717) is 18.1 Å². The molecule has 0 amide bonds. The van der Waals surface area contributed by atoms with Crippen molar-refractivity contribution in [2.24, 2.45) is 11.8 Å². The van der Waals surface area contributed by atoms with Crippen LogP contribution in [0, 0.1) is 11.8 Å². The molecule has 1 rings (SSSR count). The first-order valence-corrected chi connectivity index (χ1v) is 5.39. The molecule has 13 heavy (non-hydrogen) atoms. The van der Waals surface area contributed by atoms with Crippen molar-refractivity contribution >= 4 is 17.1 Å². The average molecular weight is 197 g/mol. The Morgan fingerprint density at radius 2 is 2.23 bits per heavy atom. The van der Waals surface area contributed by atoms with E-state index in [2.05, 4.69) is 18.8 Å². The third kappa shape index (κ3) is 2.92. The van der Waals surface area contributed by atoms with Gasteiger partial charge in [-0.2, -0.15) is 0 Å². The highest BCUT2D eigenvalue weighted by Crippen LogP contribution is 2.15. The molecule has 0 aliphatic heterocycles. The summed E-state index contributed by atoms with van der Waals surface area (Å²) >= 11 is 1.55. The van der Waals surface area contributed by atoms with Crippen LogP contribution < -0.4 is 0 Å². The standard InChI is InChI=1S/C10H15NOS/c1-7(2)8(3)10(12)4-9-5-11-6-13-9/h5-8H,4H2,1-3H3. The van der Waals surface area contributed by atoms with Gasteiger partial charge in [0.2, 0.25) is 0 Å². The Bertz CT molecular complexity index is 266. The highest BCUT2D eigenvalue weighted by molar-refractivity contribution is 7.09. The van der Waals surface area contributed by atoms with Gasteiger partial charge in [0.15, 0.2) is 0 Å². The van der Waals surface area contributed by atoms with Crippen LogP contribution in [-0.4, -0.2) is 10.8 Å². The van der Waals surface area contributed by atoms with Crippen LogP contribution in [-0.2, 0) is 11.2 Å². The molecule has 1 aromatic heterocycles. The monoisotopic (exact) mass is 197 g/mol. The van der Waals surface area contributed by atoms with Gasteiger partial charge in [-0.1, -0.05) is 20.8 Å². The first-order chi connectivity index (χ1) is 6.11. The number of carbonyl (C=O) groups excluding carboxylic acids is 1. The quantitative estimate of drug-likeness (QED) is 0.742. The largest absolute Gasteiger partial charge is 0.299 e. The van der Waals surface area contributed by atoms with Crippen molar-refractivity contribution in [2.45, 2.75) is 27.2 Å². The predicted octanol–water partition coefficient (Wildman–Crippen LogP) is 2.55. The second-order valence-corrected chi connectivity index (χ2v) is 4.61. The normalized spacial score (nSPS) is 13.2. The minimum Gasteiger partial charge on any atom is -0.299 e. The fourth-order valence-corrected chi connectivity index (χ4v) is 1.64. The van der Waals surface area contributed by atoms with Crippen LogP contribution in [0.25, 0.3) is 0 Å². The molecule has 0 bridgehead atoms. The molecule has 0 aliphatic rings. The van der Waals surface area contributed by atoms with Crippen LogP contribution >= 0.6 is 11.3 Å². The number of carbonyl (C=O) groups is 1. The molecule has 72 valence electrons. The number of Topliss-reactive ketones (excluding diaryl/α,β-unsaturated/α-hetero) is 1. The highest BCUT2D eigenvalue weighted by atomic mass is 32.1. The van der Waals surface area contributed by atoms with Gasteiger partial charge in [-0.15, -0.1) is 11.3 Å². The number of rotatable bonds is 4. The summed E-state index contributed by atoms with van der Waals surface area (Å²) < 4.78 is 0. The molecule has 1 aromatic rings. The van der Waals surface area contributed by atoms with Crippen molar-refractivity contribution in [3.63, 3.8) is 0 Å². The zero-order valence-corrected chi connectivity index (χ0v) is 9.10. The Balaban J connectivity index is 2.51. The van der Waals surface area contributed by atoms with Gasteiger partial charge in [0.1, 0.15) is 5.78 Å². The molecular formula is C10H15NOS. The van der Waals surface area contributed by atoms with Crippen LogP contribution in [0.4, 0.5) is 0 Å². The van der Waals surface area contributed by atoms with E-state index in [1.807, 2.05) is 6.92 Å². The van der Waals surface area contributed by atoms with Gasteiger partial charge >= 0.3 is 0 Å². The van der Waals surface area contributed by atoms with Gasteiger partial charge in [0.05, 0.1) is 5.51 Å². The summed E-state index contributed by atoms with van der Waals surface area (Å²) in [6, 6.07) is 0. The molecule has 0 aromatic carbocycles. The van der Waals surface area contributed by atoms with Crippen molar-refractivity contribution in [2.75, 3.05) is 0 Å². The maximum atomic E-state index is 11.6. The number of hydrogen-bond acceptors (Lipinski definition) is 3. The molecular weight excluding hydrogens is 182 g/mol. The lowest BCUT2D eigenvalue weighted by Gasteiger charge is -2.12. The van der Waals surface area contributed by atoms with E-state index in [9.17, 15) is 4.79 Å². The molecule has 0 aliphatic carbocycles. The Morgan fingerprint density at radius 3 is 2.69 bits per heavy atom. The summed E-state index contributed by atoms with van der Waals surface area (Å²) in [6.45, 7) is 6.15. The molecule has 0 radical (unpaired) electrons. The van der Waals surface area contributed by atoms with E-state index in [4.69, 9.17) is 0 Å². The van der Waals surface area contributed by atoms with Crippen LogP contribution in [0.2, 0.25) is 0 Å². The highest BCUT2D eigenvalue weighted by Gasteiger charge is 2.17. The van der Waals surface area contributed by atoms with E-state index >= 15 is 0 Å². The molecule has 1 atom stereocenters. The minimum absolute atomic E-state index is 0.155. The predicted molar refractivity (Wildman–Crippen MR) is 54.8 cm³/mol. The zero-order chi connectivity index (χ0) is 9.84. The SMILES string of the molecule is CC(C)C(C)C(=O)Cc1cncs1. The Hall–Kier alpha value is -0.700. The fourth-order valence-electron chi connectivity index (χ4n) is 1.03. The number of nitrogens with zero attached hydrogens (tertiary/aromatic N) is 1.